The standard InChI is InChI=1S/C50H30N2/c1-2-11-31(12-3-1)32-23-26-35(27-24-32)51-49-36-16-5-4-13-33(36)25-28-39(49)40-29-30-45-48(50(40)51)41-17-6-7-21-43(41)52(45)44-22-10-19-38-37-18-8-14-34-15-9-20-42(46(34)37)47(38)44/h1-30H. The van der Waals surface area contributed by atoms with Crippen molar-refractivity contribution in [1.29, 1.82) is 0 Å². The van der Waals surface area contributed by atoms with Crippen LogP contribution < -0.4 is 0 Å². The van der Waals surface area contributed by atoms with Crippen molar-refractivity contribution in [3.8, 4) is 44.8 Å². The molecule has 0 fully saturated rings. The number of rotatable bonds is 3. The number of aromatic nitrogens is 2. The molecule has 2 heteroatoms. The molecule has 0 bridgehead atoms. The fourth-order valence-electron chi connectivity index (χ4n) is 9.28. The molecule has 0 saturated carbocycles. The summed E-state index contributed by atoms with van der Waals surface area (Å²) in [7, 11) is 0. The van der Waals surface area contributed by atoms with E-state index < -0.39 is 0 Å². The molecule has 0 N–H and O–H groups in total. The molecule has 0 radical (unpaired) electrons. The first-order valence-corrected chi connectivity index (χ1v) is 18.0. The average molecular weight is 659 g/mol. The van der Waals surface area contributed by atoms with Crippen LogP contribution in [-0.2, 0) is 0 Å². The molecule has 0 atom stereocenters. The number of fused-ring (bicyclic) bond motifs is 12. The summed E-state index contributed by atoms with van der Waals surface area (Å²) in [6, 6.07) is 67.1. The summed E-state index contributed by atoms with van der Waals surface area (Å²) < 4.78 is 5.05. The molecule has 2 aromatic heterocycles. The maximum absolute atomic E-state index is 2.53. The molecular weight excluding hydrogens is 629 g/mol. The number of para-hydroxylation sites is 1. The first-order valence-electron chi connectivity index (χ1n) is 18.0. The lowest BCUT2D eigenvalue weighted by molar-refractivity contribution is 1.18. The fraction of sp³-hybridized carbons (Fsp3) is 0. The monoisotopic (exact) mass is 658 g/mol. The minimum absolute atomic E-state index is 1.16. The Labute approximate surface area is 300 Å². The maximum atomic E-state index is 2.53. The highest BCUT2D eigenvalue weighted by molar-refractivity contribution is 6.29. The summed E-state index contributed by atoms with van der Waals surface area (Å²) in [6.45, 7) is 0. The lowest BCUT2D eigenvalue weighted by Crippen LogP contribution is -1.98. The Bertz CT molecular complexity index is 3260. The van der Waals surface area contributed by atoms with Gasteiger partial charge >= 0.3 is 0 Å². The van der Waals surface area contributed by atoms with Gasteiger partial charge in [-0.15, -0.1) is 0 Å². The van der Waals surface area contributed by atoms with Crippen molar-refractivity contribution >= 4 is 65.2 Å². The van der Waals surface area contributed by atoms with Gasteiger partial charge in [-0.25, -0.2) is 0 Å². The van der Waals surface area contributed by atoms with Crippen LogP contribution in [0, 0.1) is 0 Å². The molecule has 0 saturated heterocycles. The molecule has 11 aromatic rings. The summed E-state index contributed by atoms with van der Waals surface area (Å²) in [5, 5.41) is 10.2. The third-order valence-corrected chi connectivity index (χ3v) is 11.4. The molecule has 0 aliphatic heterocycles. The zero-order valence-corrected chi connectivity index (χ0v) is 28.2. The molecule has 2 heterocycles. The summed E-state index contributed by atoms with van der Waals surface area (Å²) in [5.74, 6) is 0. The van der Waals surface area contributed by atoms with Crippen LogP contribution in [0.5, 0.6) is 0 Å². The molecule has 0 spiro atoms. The van der Waals surface area contributed by atoms with Gasteiger partial charge in [0, 0.05) is 38.2 Å². The fourth-order valence-corrected chi connectivity index (χ4v) is 9.28. The van der Waals surface area contributed by atoms with Gasteiger partial charge in [-0.05, 0) is 74.3 Å². The zero-order valence-electron chi connectivity index (χ0n) is 28.2. The van der Waals surface area contributed by atoms with Gasteiger partial charge in [0.2, 0.25) is 0 Å². The van der Waals surface area contributed by atoms with Gasteiger partial charge in [0.1, 0.15) is 0 Å². The van der Waals surface area contributed by atoms with E-state index in [2.05, 4.69) is 191 Å². The number of benzene rings is 9. The Hall–Kier alpha value is -6.90. The number of hydrogen-bond acceptors (Lipinski definition) is 0. The topological polar surface area (TPSA) is 9.86 Å². The lowest BCUT2D eigenvalue weighted by Gasteiger charge is -2.15. The van der Waals surface area contributed by atoms with Crippen LogP contribution in [0.4, 0.5) is 0 Å². The second kappa shape index (κ2) is 10.3. The van der Waals surface area contributed by atoms with E-state index in [0.29, 0.717) is 0 Å². The molecule has 2 nitrogen and oxygen atoms in total. The Kier molecular flexibility index (Phi) is 5.53. The van der Waals surface area contributed by atoms with E-state index in [4.69, 9.17) is 0 Å². The van der Waals surface area contributed by atoms with E-state index in [1.807, 2.05) is 0 Å². The predicted octanol–water partition coefficient (Wildman–Crippen LogP) is 13.5. The van der Waals surface area contributed by atoms with Gasteiger partial charge in [0.05, 0.1) is 27.8 Å². The zero-order chi connectivity index (χ0) is 33.9. The maximum Gasteiger partial charge on any atom is 0.0641 e. The highest BCUT2D eigenvalue weighted by atomic mass is 15.0. The van der Waals surface area contributed by atoms with Crippen molar-refractivity contribution in [2.24, 2.45) is 0 Å². The van der Waals surface area contributed by atoms with Crippen molar-refractivity contribution in [2.75, 3.05) is 0 Å². The minimum atomic E-state index is 1.16. The molecule has 0 amide bonds. The average Bonchev–Trinajstić information content (AvgIpc) is 3.85. The van der Waals surface area contributed by atoms with E-state index in [1.165, 1.54) is 104 Å². The molecule has 52 heavy (non-hydrogen) atoms. The van der Waals surface area contributed by atoms with E-state index >= 15 is 0 Å². The Morgan fingerprint density at radius 1 is 0.308 bits per heavy atom. The molecule has 12 rings (SSSR count). The van der Waals surface area contributed by atoms with Crippen LogP contribution in [0.3, 0.4) is 0 Å². The van der Waals surface area contributed by atoms with E-state index in [0.717, 1.165) is 5.69 Å². The van der Waals surface area contributed by atoms with E-state index in [-0.39, 0.29) is 0 Å². The molecule has 9 aromatic carbocycles. The second-order valence-corrected chi connectivity index (χ2v) is 14.0. The summed E-state index contributed by atoms with van der Waals surface area (Å²) in [6.07, 6.45) is 0. The first kappa shape index (κ1) is 27.9. The summed E-state index contributed by atoms with van der Waals surface area (Å²) in [4.78, 5) is 0. The van der Waals surface area contributed by atoms with Crippen molar-refractivity contribution in [1.82, 2.24) is 9.13 Å². The van der Waals surface area contributed by atoms with Crippen molar-refractivity contribution in [2.45, 2.75) is 0 Å². The van der Waals surface area contributed by atoms with Gasteiger partial charge in [-0.1, -0.05) is 152 Å². The molecule has 1 aliphatic carbocycles. The van der Waals surface area contributed by atoms with Gasteiger partial charge < -0.3 is 9.13 Å². The predicted molar refractivity (Wildman–Crippen MR) is 220 cm³/mol. The Morgan fingerprint density at radius 3 is 1.83 bits per heavy atom. The van der Waals surface area contributed by atoms with Gasteiger partial charge in [0.25, 0.3) is 0 Å². The second-order valence-electron chi connectivity index (χ2n) is 14.0. The van der Waals surface area contributed by atoms with Crippen molar-refractivity contribution < 1.29 is 0 Å². The summed E-state index contributed by atoms with van der Waals surface area (Å²) >= 11 is 0. The lowest BCUT2D eigenvalue weighted by atomic mass is 10.0. The van der Waals surface area contributed by atoms with Crippen LogP contribution in [0.1, 0.15) is 0 Å². The van der Waals surface area contributed by atoms with Crippen LogP contribution >= 0.6 is 0 Å². The van der Waals surface area contributed by atoms with Crippen molar-refractivity contribution in [3.05, 3.63) is 182 Å². The first-order chi connectivity index (χ1) is 25.8. The summed E-state index contributed by atoms with van der Waals surface area (Å²) in [5.41, 5.74) is 14.9. The third kappa shape index (κ3) is 3.63. The van der Waals surface area contributed by atoms with Crippen LogP contribution in [0.15, 0.2) is 182 Å². The third-order valence-electron chi connectivity index (χ3n) is 11.4. The van der Waals surface area contributed by atoms with Crippen LogP contribution in [-0.4, -0.2) is 9.13 Å². The SMILES string of the molecule is c1ccc(-c2ccc(-n3c4c5ccccc5ccc4c4ccc5c(c6ccccc6n5-c5cccc6c5-c5cccc7cccc-6c57)c43)cc2)cc1. The van der Waals surface area contributed by atoms with Crippen LogP contribution in [0.25, 0.3) is 110 Å². The van der Waals surface area contributed by atoms with Gasteiger partial charge in [0.15, 0.2) is 0 Å². The van der Waals surface area contributed by atoms with E-state index in [9.17, 15) is 0 Å². The molecule has 1 aliphatic rings. The van der Waals surface area contributed by atoms with Crippen LogP contribution in [0.2, 0.25) is 0 Å². The molecular formula is C50H30N2. The Balaban J connectivity index is 1.23. The number of hydrogen-bond donors (Lipinski definition) is 0. The largest absolute Gasteiger partial charge is 0.309 e. The highest BCUT2D eigenvalue weighted by Crippen LogP contribution is 2.51. The Morgan fingerprint density at radius 2 is 0.962 bits per heavy atom. The van der Waals surface area contributed by atoms with Gasteiger partial charge in [-0.2, -0.15) is 0 Å². The number of nitrogens with zero attached hydrogens (tertiary/aromatic N) is 2. The van der Waals surface area contributed by atoms with Gasteiger partial charge in [-0.3, -0.25) is 0 Å². The quantitative estimate of drug-likeness (QED) is 0.179. The van der Waals surface area contributed by atoms with Crippen molar-refractivity contribution in [3.63, 3.8) is 0 Å². The smallest absolute Gasteiger partial charge is 0.0641 e. The highest BCUT2D eigenvalue weighted by Gasteiger charge is 2.27. The van der Waals surface area contributed by atoms with E-state index in [1.54, 1.807) is 0 Å². The molecule has 0 unspecified atom stereocenters. The molecule has 240 valence electrons. The minimum Gasteiger partial charge on any atom is -0.309 e. The normalized spacial score (nSPS) is 12.2.